The fourth-order valence-corrected chi connectivity index (χ4v) is 12.4. The third-order valence-corrected chi connectivity index (χ3v) is 18.5. The molecule has 0 radical (unpaired) electrons. The first-order chi connectivity index (χ1) is 43.7. The van der Waals surface area contributed by atoms with E-state index in [9.17, 15) is 43.2 Å². The number of hydrogen-bond acceptors (Lipinski definition) is 15. The van der Waals surface area contributed by atoms with E-state index in [4.69, 9.17) is 37.0 Å². The maximum atomic E-state index is 13.0. The van der Waals surface area contributed by atoms with E-state index in [-0.39, 0.29) is 25.7 Å². The number of aliphatic hydroxyl groups is 1. The van der Waals surface area contributed by atoms with Crippen LogP contribution >= 0.6 is 15.6 Å². The van der Waals surface area contributed by atoms with Crippen LogP contribution in [0.25, 0.3) is 0 Å². The number of phosphoric acid groups is 2. The molecule has 0 heterocycles. The molecule has 0 saturated heterocycles. The van der Waals surface area contributed by atoms with E-state index in [2.05, 4.69) is 27.7 Å². The number of unbranched alkanes of at least 4 members (excludes halogenated alkanes) is 46. The van der Waals surface area contributed by atoms with Crippen LogP contribution in [-0.2, 0) is 65.4 Å². The average molecular weight is 1330 g/mol. The van der Waals surface area contributed by atoms with E-state index in [0.717, 1.165) is 103 Å². The van der Waals surface area contributed by atoms with E-state index < -0.39 is 97.5 Å². The van der Waals surface area contributed by atoms with Gasteiger partial charge >= 0.3 is 39.5 Å². The molecule has 0 aliphatic rings. The Kier molecular flexibility index (Phi) is 64.3. The van der Waals surface area contributed by atoms with Gasteiger partial charge in [0.05, 0.1) is 26.4 Å². The second-order valence-electron chi connectivity index (χ2n) is 25.6. The Bertz CT molecular complexity index is 1720. The van der Waals surface area contributed by atoms with Gasteiger partial charge in [0, 0.05) is 25.7 Å². The topological polar surface area (TPSA) is 237 Å². The summed E-state index contributed by atoms with van der Waals surface area (Å²) in [5.74, 6) is -2.12. The van der Waals surface area contributed by atoms with Crippen molar-refractivity contribution in [2.45, 2.75) is 393 Å². The van der Waals surface area contributed by atoms with Gasteiger partial charge in [-0.05, 0) is 25.7 Å². The van der Waals surface area contributed by atoms with Gasteiger partial charge in [0.15, 0.2) is 12.2 Å². The van der Waals surface area contributed by atoms with E-state index in [1.807, 2.05) is 0 Å². The van der Waals surface area contributed by atoms with Crippen molar-refractivity contribution in [1.82, 2.24) is 0 Å². The van der Waals surface area contributed by atoms with Crippen molar-refractivity contribution in [3.05, 3.63) is 0 Å². The molecule has 90 heavy (non-hydrogen) atoms. The van der Waals surface area contributed by atoms with Gasteiger partial charge in [-0.1, -0.05) is 323 Å². The largest absolute Gasteiger partial charge is 0.472 e. The summed E-state index contributed by atoms with van der Waals surface area (Å²) in [6.07, 6.45) is 54.2. The number of rotatable bonds is 72. The molecule has 17 nitrogen and oxygen atoms in total. The van der Waals surface area contributed by atoms with Crippen molar-refractivity contribution >= 4 is 39.5 Å². The molecule has 5 atom stereocenters. The second-order valence-corrected chi connectivity index (χ2v) is 28.5. The summed E-state index contributed by atoms with van der Waals surface area (Å²) in [6, 6.07) is 0. The molecule has 3 N–H and O–H groups in total. The molecule has 534 valence electrons. The smallest absolute Gasteiger partial charge is 0.462 e. The number of carbonyl (C=O) groups is 4. The summed E-state index contributed by atoms with van der Waals surface area (Å²) < 4.78 is 68.2. The van der Waals surface area contributed by atoms with E-state index >= 15 is 0 Å². The van der Waals surface area contributed by atoms with Crippen LogP contribution < -0.4 is 0 Å². The molecule has 0 fully saturated rings. The number of aliphatic hydroxyl groups excluding tert-OH is 1. The first-order valence-electron chi connectivity index (χ1n) is 37.3. The maximum absolute atomic E-state index is 13.0. The summed E-state index contributed by atoms with van der Waals surface area (Å²) in [6.45, 7) is 4.91. The van der Waals surface area contributed by atoms with Crippen molar-refractivity contribution in [3.8, 4) is 0 Å². The van der Waals surface area contributed by atoms with Crippen LogP contribution in [0.2, 0.25) is 0 Å². The van der Waals surface area contributed by atoms with Gasteiger partial charge in [-0.15, -0.1) is 0 Å². The summed E-state index contributed by atoms with van der Waals surface area (Å²) in [5.41, 5.74) is 0. The number of carbonyl (C=O) groups excluding carboxylic acids is 4. The molecule has 0 spiro atoms. The normalized spacial score (nSPS) is 14.0. The first-order valence-corrected chi connectivity index (χ1v) is 40.3. The van der Waals surface area contributed by atoms with Gasteiger partial charge in [0.1, 0.15) is 19.3 Å². The minimum atomic E-state index is -4.95. The van der Waals surface area contributed by atoms with Crippen molar-refractivity contribution in [3.63, 3.8) is 0 Å². The summed E-state index contributed by atoms with van der Waals surface area (Å²) in [4.78, 5) is 72.4. The Morgan fingerprint density at radius 3 is 0.656 bits per heavy atom. The number of hydrogen-bond donors (Lipinski definition) is 3. The molecular weight excluding hydrogens is 1190 g/mol. The quantitative estimate of drug-likeness (QED) is 0.0222. The molecule has 0 bridgehead atoms. The predicted octanol–water partition coefficient (Wildman–Crippen LogP) is 20.7. The lowest BCUT2D eigenvalue weighted by atomic mass is 10.0. The van der Waals surface area contributed by atoms with Gasteiger partial charge in [-0.3, -0.25) is 37.3 Å². The molecule has 0 aliphatic carbocycles. The fourth-order valence-electron chi connectivity index (χ4n) is 10.9. The summed E-state index contributed by atoms with van der Waals surface area (Å²) in [5, 5.41) is 10.6. The van der Waals surface area contributed by atoms with Gasteiger partial charge in [0.2, 0.25) is 0 Å². The fraction of sp³-hybridized carbons (Fsp3) is 0.944. The summed E-state index contributed by atoms with van der Waals surface area (Å²) >= 11 is 0. The second kappa shape index (κ2) is 65.7. The average Bonchev–Trinajstić information content (AvgIpc) is 3.11. The molecule has 2 unspecified atom stereocenters. The minimum absolute atomic E-state index is 0.107. The van der Waals surface area contributed by atoms with Crippen LogP contribution in [0.4, 0.5) is 0 Å². The van der Waals surface area contributed by atoms with Crippen molar-refractivity contribution in [2.24, 2.45) is 0 Å². The molecule has 0 rings (SSSR count). The molecular formula is C71H138O17P2. The number of esters is 4. The van der Waals surface area contributed by atoms with Gasteiger partial charge in [-0.2, -0.15) is 0 Å². The maximum Gasteiger partial charge on any atom is 0.472 e. The molecule has 0 amide bonds. The van der Waals surface area contributed by atoms with Crippen molar-refractivity contribution < 1.29 is 80.2 Å². The summed E-state index contributed by atoms with van der Waals surface area (Å²) in [7, 11) is -9.89. The highest BCUT2D eigenvalue weighted by Gasteiger charge is 2.30. The molecule has 0 saturated carbocycles. The highest BCUT2D eigenvalue weighted by Crippen LogP contribution is 2.45. The zero-order valence-electron chi connectivity index (χ0n) is 58.1. The Labute approximate surface area is 549 Å². The third kappa shape index (κ3) is 64.8. The zero-order valence-corrected chi connectivity index (χ0v) is 59.9. The Balaban J connectivity index is 5.15. The van der Waals surface area contributed by atoms with Crippen LogP contribution in [0, 0.1) is 0 Å². The van der Waals surface area contributed by atoms with E-state index in [0.29, 0.717) is 25.7 Å². The van der Waals surface area contributed by atoms with Crippen LogP contribution in [-0.4, -0.2) is 96.7 Å². The van der Waals surface area contributed by atoms with Crippen LogP contribution in [0.1, 0.15) is 374 Å². The van der Waals surface area contributed by atoms with Crippen molar-refractivity contribution in [1.29, 1.82) is 0 Å². The first kappa shape index (κ1) is 88.1. The highest BCUT2D eigenvalue weighted by molar-refractivity contribution is 7.47. The Morgan fingerprint density at radius 2 is 0.444 bits per heavy atom. The zero-order chi connectivity index (χ0) is 66.1. The molecule has 0 aromatic carbocycles. The lowest BCUT2D eigenvalue weighted by molar-refractivity contribution is -0.161. The van der Waals surface area contributed by atoms with Gasteiger partial charge in [0.25, 0.3) is 0 Å². The Hall–Kier alpha value is -1.94. The van der Waals surface area contributed by atoms with Crippen molar-refractivity contribution in [2.75, 3.05) is 39.6 Å². The molecule has 0 aliphatic heterocycles. The Morgan fingerprint density at radius 1 is 0.267 bits per heavy atom. The highest BCUT2D eigenvalue weighted by atomic mass is 31.2. The third-order valence-electron chi connectivity index (χ3n) is 16.6. The van der Waals surface area contributed by atoms with Crippen LogP contribution in [0.15, 0.2) is 0 Å². The lowest BCUT2D eigenvalue weighted by Crippen LogP contribution is -2.30. The van der Waals surface area contributed by atoms with Gasteiger partial charge < -0.3 is 33.8 Å². The monoisotopic (exact) mass is 1320 g/mol. The molecule has 19 heteroatoms. The standard InChI is InChI=1S/C71H138O17P2/c1-5-9-13-17-21-24-27-29-30-31-32-33-34-35-36-39-42-46-50-54-58-71(76)88-67(62-82-69(74)56-52-48-44-40-38-28-25-22-18-14-10-6-2)64-86-90(79,80)84-60-65(72)59-83-89(77,78)85-63-66(61-81-68(73)55-51-47-43-20-16-12-8-4)87-70(75)57-53-49-45-41-37-26-23-19-15-11-7-3/h65-67,72H,5-64H2,1-4H3,(H,77,78)(H,79,80)/t65-,66+,67+/m0/s1. The lowest BCUT2D eigenvalue weighted by Gasteiger charge is -2.21. The SMILES string of the molecule is CCCCCCCCCCCCCCCCCCCCCCC(=O)O[C@H](COC(=O)CCCCCCCCCCCCCC)COP(=O)(O)OC[C@@H](O)COP(=O)(O)OC[C@@H](COC(=O)CCCCCCCCC)OC(=O)CCCCCCCCCCCCC. The number of phosphoric ester groups is 2. The minimum Gasteiger partial charge on any atom is -0.462 e. The van der Waals surface area contributed by atoms with Crippen LogP contribution in [0.3, 0.4) is 0 Å². The van der Waals surface area contributed by atoms with E-state index in [1.54, 1.807) is 0 Å². The van der Waals surface area contributed by atoms with E-state index in [1.165, 1.54) is 193 Å². The van der Waals surface area contributed by atoms with Crippen LogP contribution in [0.5, 0.6) is 0 Å². The van der Waals surface area contributed by atoms with Gasteiger partial charge in [-0.25, -0.2) is 9.13 Å². The number of ether oxygens (including phenoxy) is 4. The molecule has 0 aromatic heterocycles. The molecule has 0 aromatic rings. The predicted molar refractivity (Wildman–Crippen MR) is 363 cm³/mol.